The maximum atomic E-state index is 11.2. The van der Waals surface area contributed by atoms with E-state index in [2.05, 4.69) is 43.0 Å². The molecule has 1 fully saturated rings. The SMILES string of the molecule is Cc1ccccc1CCCN1CC(C)CC(C(=O)O)C1. The van der Waals surface area contributed by atoms with Crippen molar-refractivity contribution < 1.29 is 9.90 Å². The summed E-state index contributed by atoms with van der Waals surface area (Å²) < 4.78 is 0. The Morgan fingerprint density at radius 1 is 1.35 bits per heavy atom. The smallest absolute Gasteiger partial charge is 0.307 e. The van der Waals surface area contributed by atoms with Crippen molar-refractivity contribution in [3.8, 4) is 0 Å². The minimum atomic E-state index is -0.638. The van der Waals surface area contributed by atoms with Gasteiger partial charge in [0.2, 0.25) is 0 Å². The first-order valence-corrected chi connectivity index (χ1v) is 7.56. The van der Waals surface area contributed by atoms with Gasteiger partial charge in [-0.25, -0.2) is 0 Å². The molecule has 0 bridgehead atoms. The van der Waals surface area contributed by atoms with E-state index >= 15 is 0 Å². The van der Waals surface area contributed by atoms with Crippen LogP contribution in [0.1, 0.15) is 30.9 Å². The fraction of sp³-hybridized carbons (Fsp3) is 0.588. The number of hydrogen-bond acceptors (Lipinski definition) is 2. The highest BCUT2D eigenvalue weighted by atomic mass is 16.4. The van der Waals surface area contributed by atoms with Crippen molar-refractivity contribution in [2.45, 2.75) is 33.1 Å². The Labute approximate surface area is 121 Å². The highest BCUT2D eigenvalue weighted by molar-refractivity contribution is 5.70. The fourth-order valence-corrected chi connectivity index (χ4v) is 3.21. The van der Waals surface area contributed by atoms with Crippen LogP contribution in [0.5, 0.6) is 0 Å². The largest absolute Gasteiger partial charge is 0.481 e. The average molecular weight is 275 g/mol. The fourth-order valence-electron chi connectivity index (χ4n) is 3.21. The van der Waals surface area contributed by atoms with Gasteiger partial charge in [-0.05, 0) is 49.8 Å². The Morgan fingerprint density at radius 2 is 2.10 bits per heavy atom. The maximum absolute atomic E-state index is 11.2. The molecule has 0 aliphatic carbocycles. The van der Waals surface area contributed by atoms with Crippen molar-refractivity contribution in [1.82, 2.24) is 4.90 Å². The van der Waals surface area contributed by atoms with Crippen LogP contribution >= 0.6 is 0 Å². The number of likely N-dealkylation sites (tertiary alicyclic amines) is 1. The van der Waals surface area contributed by atoms with E-state index in [9.17, 15) is 9.90 Å². The number of hydrogen-bond donors (Lipinski definition) is 1. The van der Waals surface area contributed by atoms with Crippen LogP contribution in [-0.2, 0) is 11.2 Å². The molecule has 0 aromatic heterocycles. The van der Waals surface area contributed by atoms with E-state index in [1.807, 2.05) is 0 Å². The van der Waals surface area contributed by atoms with E-state index in [-0.39, 0.29) is 5.92 Å². The number of benzene rings is 1. The molecule has 20 heavy (non-hydrogen) atoms. The lowest BCUT2D eigenvalue weighted by atomic mass is 9.90. The van der Waals surface area contributed by atoms with Gasteiger partial charge in [0, 0.05) is 13.1 Å². The summed E-state index contributed by atoms with van der Waals surface area (Å²) in [7, 11) is 0. The zero-order valence-corrected chi connectivity index (χ0v) is 12.5. The third-order valence-electron chi connectivity index (χ3n) is 4.27. The molecule has 1 aromatic rings. The van der Waals surface area contributed by atoms with E-state index in [1.165, 1.54) is 11.1 Å². The van der Waals surface area contributed by atoms with E-state index in [4.69, 9.17) is 0 Å². The Kier molecular flexibility index (Phi) is 5.18. The molecule has 110 valence electrons. The number of aliphatic carboxylic acids is 1. The van der Waals surface area contributed by atoms with Crippen molar-refractivity contribution in [3.05, 3.63) is 35.4 Å². The zero-order chi connectivity index (χ0) is 14.5. The summed E-state index contributed by atoms with van der Waals surface area (Å²) in [6.45, 7) is 7.07. The molecule has 0 spiro atoms. The van der Waals surface area contributed by atoms with E-state index in [0.717, 1.165) is 32.4 Å². The molecule has 0 radical (unpaired) electrons. The monoisotopic (exact) mass is 275 g/mol. The lowest BCUT2D eigenvalue weighted by molar-refractivity contribution is -0.144. The first-order valence-electron chi connectivity index (χ1n) is 7.56. The molecular weight excluding hydrogens is 250 g/mol. The predicted octanol–water partition coefficient (Wildman–Crippen LogP) is 2.97. The molecule has 1 saturated heterocycles. The lowest BCUT2D eigenvalue weighted by Gasteiger charge is -2.34. The molecule has 3 heteroatoms. The van der Waals surface area contributed by atoms with Gasteiger partial charge in [-0.2, -0.15) is 0 Å². The molecule has 1 heterocycles. The quantitative estimate of drug-likeness (QED) is 0.898. The van der Waals surface area contributed by atoms with Crippen LogP contribution < -0.4 is 0 Å². The molecule has 0 saturated carbocycles. The molecular formula is C17H25NO2. The Bertz CT molecular complexity index is 458. The molecule has 2 unspecified atom stereocenters. The highest BCUT2D eigenvalue weighted by Crippen LogP contribution is 2.22. The molecule has 2 rings (SSSR count). The summed E-state index contributed by atoms with van der Waals surface area (Å²) in [5, 5.41) is 9.19. The minimum absolute atomic E-state index is 0.183. The first-order chi connectivity index (χ1) is 9.56. The van der Waals surface area contributed by atoms with Crippen LogP contribution in [0.2, 0.25) is 0 Å². The van der Waals surface area contributed by atoms with E-state index in [0.29, 0.717) is 12.5 Å². The number of carbonyl (C=O) groups is 1. The topological polar surface area (TPSA) is 40.5 Å². The zero-order valence-electron chi connectivity index (χ0n) is 12.5. The summed E-state index contributed by atoms with van der Waals surface area (Å²) >= 11 is 0. The van der Waals surface area contributed by atoms with Gasteiger partial charge in [0.25, 0.3) is 0 Å². The lowest BCUT2D eigenvalue weighted by Crippen LogP contribution is -2.42. The Balaban J connectivity index is 1.81. The standard InChI is InChI=1S/C17H25NO2/c1-13-10-16(17(19)20)12-18(11-13)9-5-8-15-7-4-3-6-14(15)2/h3-4,6-7,13,16H,5,8-12H2,1-2H3,(H,19,20). The van der Waals surface area contributed by atoms with Gasteiger partial charge in [0.15, 0.2) is 0 Å². The number of nitrogens with zero attached hydrogens (tertiary/aromatic N) is 1. The third kappa shape index (κ3) is 4.07. The van der Waals surface area contributed by atoms with Crippen molar-refractivity contribution in [3.63, 3.8) is 0 Å². The minimum Gasteiger partial charge on any atom is -0.481 e. The van der Waals surface area contributed by atoms with Crippen LogP contribution in [0.3, 0.4) is 0 Å². The summed E-state index contributed by atoms with van der Waals surface area (Å²) in [5.41, 5.74) is 2.76. The maximum Gasteiger partial charge on any atom is 0.307 e. The molecule has 0 amide bonds. The normalized spacial score (nSPS) is 23.7. The molecule has 1 aliphatic heterocycles. The second kappa shape index (κ2) is 6.89. The Morgan fingerprint density at radius 3 is 2.80 bits per heavy atom. The van der Waals surface area contributed by atoms with Gasteiger partial charge >= 0.3 is 5.97 Å². The van der Waals surface area contributed by atoms with Crippen LogP contribution in [0.4, 0.5) is 0 Å². The van der Waals surface area contributed by atoms with E-state index in [1.54, 1.807) is 0 Å². The number of carboxylic acids is 1. The van der Waals surface area contributed by atoms with Crippen LogP contribution in [0.15, 0.2) is 24.3 Å². The van der Waals surface area contributed by atoms with Gasteiger partial charge in [0.1, 0.15) is 0 Å². The summed E-state index contributed by atoms with van der Waals surface area (Å²) in [6.07, 6.45) is 3.00. The number of carboxylic acid groups (broad SMARTS) is 1. The van der Waals surface area contributed by atoms with E-state index < -0.39 is 5.97 Å². The molecule has 1 aromatic carbocycles. The van der Waals surface area contributed by atoms with Gasteiger partial charge in [-0.3, -0.25) is 4.79 Å². The van der Waals surface area contributed by atoms with Gasteiger partial charge < -0.3 is 10.0 Å². The molecule has 1 aliphatic rings. The van der Waals surface area contributed by atoms with Crippen LogP contribution in [-0.4, -0.2) is 35.6 Å². The van der Waals surface area contributed by atoms with Crippen LogP contribution in [0.25, 0.3) is 0 Å². The summed E-state index contributed by atoms with van der Waals surface area (Å²) in [6, 6.07) is 8.50. The van der Waals surface area contributed by atoms with Crippen molar-refractivity contribution in [1.29, 1.82) is 0 Å². The van der Waals surface area contributed by atoms with Crippen LogP contribution in [0, 0.1) is 18.8 Å². The summed E-state index contributed by atoms with van der Waals surface area (Å²) in [4.78, 5) is 13.5. The average Bonchev–Trinajstić information content (AvgIpc) is 2.40. The second-order valence-electron chi connectivity index (χ2n) is 6.17. The first kappa shape index (κ1) is 15.0. The predicted molar refractivity (Wildman–Crippen MR) is 80.8 cm³/mol. The third-order valence-corrected chi connectivity index (χ3v) is 4.27. The second-order valence-corrected chi connectivity index (χ2v) is 6.17. The van der Waals surface area contributed by atoms with Crippen molar-refractivity contribution in [2.75, 3.05) is 19.6 Å². The molecule has 3 nitrogen and oxygen atoms in total. The molecule has 2 atom stereocenters. The number of aryl methyl sites for hydroxylation is 2. The van der Waals surface area contributed by atoms with Gasteiger partial charge in [-0.15, -0.1) is 0 Å². The van der Waals surface area contributed by atoms with Crippen molar-refractivity contribution in [2.24, 2.45) is 11.8 Å². The van der Waals surface area contributed by atoms with Gasteiger partial charge in [-0.1, -0.05) is 31.2 Å². The number of piperidine rings is 1. The summed E-state index contributed by atoms with van der Waals surface area (Å²) in [5.74, 6) is -0.332. The molecule has 1 N–H and O–H groups in total. The number of rotatable bonds is 5. The van der Waals surface area contributed by atoms with Crippen molar-refractivity contribution >= 4 is 5.97 Å². The Hall–Kier alpha value is -1.35. The highest BCUT2D eigenvalue weighted by Gasteiger charge is 2.28. The van der Waals surface area contributed by atoms with Gasteiger partial charge in [0.05, 0.1) is 5.92 Å².